The van der Waals surface area contributed by atoms with E-state index in [1.165, 1.54) is 29.1 Å². The molecule has 1 aromatic heterocycles. The lowest BCUT2D eigenvalue weighted by Gasteiger charge is -2.29. The highest BCUT2D eigenvalue weighted by Crippen LogP contribution is 2.32. The highest BCUT2D eigenvalue weighted by atomic mass is 19.1. The van der Waals surface area contributed by atoms with Crippen molar-refractivity contribution in [3.63, 3.8) is 0 Å². The number of hydrogen-bond acceptors (Lipinski definition) is 6. The molecule has 0 unspecified atom stereocenters. The molecule has 1 saturated heterocycles. The fraction of sp³-hybridized carbons (Fsp3) is 0.370. The first-order valence-electron chi connectivity index (χ1n) is 12.0. The maximum absolute atomic E-state index is 14.8. The summed E-state index contributed by atoms with van der Waals surface area (Å²) >= 11 is 0. The van der Waals surface area contributed by atoms with Crippen molar-refractivity contribution in [2.24, 2.45) is 0 Å². The third kappa shape index (κ3) is 5.11. The van der Waals surface area contributed by atoms with E-state index in [1.807, 2.05) is 38.1 Å². The number of rotatable bonds is 9. The van der Waals surface area contributed by atoms with E-state index in [-0.39, 0.29) is 40.7 Å². The van der Waals surface area contributed by atoms with Gasteiger partial charge in [0.2, 0.25) is 0 Å². The van der Waals surface area contributed by atoms with Crippen LogP contribution in [0, 0.1) is 12.7 Å². The van der Waals surface area contributed by atoms with Gasteiger partial charge >= 0.3 is 0 Å². The summed E-state index contributed by atoms with van der Waals surface area (Å²) in [5.74, 6) is -0.130. The van der Waals surface area contributed by atoms with Crippen LogP contribution in [0.2, 0.25) is 0 Å². The summed E-state index contributed by atoms with van der Waals surface area (Å²) < 4.78 is 27.3. The second-order valence-electron chi connectivity index (χ2n) is 9.81. The highest BCUT2D eigenvalue weighted by molar-refractivity contribution is 5.95. The van der Waals surface area contributed by atoms with Crippen LogP contribution in [-0.4, -0.2) is 40.8 Å². The van der Waals surface area contributed by atoms with Gasteiger partial charge in [-0.3, -0.25) is 14.2 Å². The maximum atomic E-state index is 14.8. The summed E-state index contributed by atoms with van der Waals surface area (Å²) in [5, 5.41) is 6.09. The van der Waals surface area contributed by atoms with Crippen molar-refractivity contribution in [2.45, 2.75) is 51.3 Å². The Morgan fingerprint density at radius 3 is 2.75 bits per heavy atom. The summed E-state index contributed by atoms with van der Waals surface area (Å²) in [4.78, 5) is 30.3. The van der Waals surface area contributed by atoms with Crippen LogP contribution in [0.25, 0.3) is 5.69 Å². The number of halogens is 1. The van der Waals surface area contributed by atoms with Crippen molar-refractivity contribution in [1.82, 2.24) is 14.9 Å². The summed E-state index contributed by atoms with van der Waals surface area (Å²) in [5.41, 5.74) is 0.388. The maximum Gasteiger partial charge on any atom is 0.297 e. The Labute approximate surface area is 208 Å². The van der Waals surface area contributed by atoms with Gasteiger partial charge in [-0.1, -0.05) is 18.2 Å². The molecule has 0 spiro atoms. The van der Waals surface area contributed by atoms with Gasteiger partial charge in [0.15, 0.2) is 5.82 Å². The number of anilines is 1. The summed E-state index contributed by atoms with van der Waals surface area (Å²) in [7, 11) is 0. The number of amides is 1. The van der Waals surface area contributed by atoms with Gasteiger partial charge in [-0.15, -0.1) is 0 Å². The van der Waals surface area contributed by atoms with Crippen LogP contribution >= 0.6 is 0 Å². The van der Waals surface area contributed by atoms with E-state index in [2.05, 4.69) is 15.6 Å². The number of carbonyl (C=O) groups is 1. The molecule has 36 heavy (non-hydrogen) atoms. The molecule has 0 radical (unpaired) electrons. The third-order valence-corrected chi connectivity index (χ3v) is 6.41. The Hall–Kier alpha value is -3.72. The molecule has 2 fully saturated rings. The van der Waals surface area contributed by atoms with Crippen molar-refractivity contribution in [2.75, 3.05) is 18.5 Å². The third-order valence-electron chi connectivity index (χ3n) is 6.41. The van der Waals surface area contributed by atoms with Crippen molar-refractivity contribution < 1.29 is 18.7 Å². The molecular weight excluding hydrogens is 463 g/mol. The Morgan fingerprint density at radius 1 is 1.28 bits per heavy atom. The zero-order valence-electron chi connectivity index (χ0n) is 20.5. The van der Waals surface area contributed by atoms with E-state index < -0.39 is 16.9 Å². The second kappa shape index (κ2) is 9.39. The number of carbonyl (C=O) groups excluding carboxylic acids is 1. The number of epoxide rings is 1. The topological polar surface area (TPSA) is 97.8 Å². The van der Waals surface area contributed by atoms with Gasteiger partial charge in [0, 0.05) is 35.1 Å². The van der Waals surface area contributed by atoms with Gasteiger partial charge in [-0.2, -0.15) is 0 Å². The largest absolute Gasteiger partial charge is 0.490 e. The van der Waals surface area contributed by atoms with E-state index in [9.17, 15) is 14.0 Å². The molecule has 5 rings (SSSR count). The van der Waals surface area contributed by atoms with Gasteiger partial charge < -0.3 is 20.1 Å². The Balaban J connectivity index is 1.46. The highest BCUT2D eigenvalue weighted by Gasteiger charge is 2.29. The standard InChI is InChI=1S/C27H29FN4O4/c1-16-21(28)12-17(25(33)30-18-8-9-18)13-22(16)32-11-10-29-24(26(32)34)31-27(2,3)20-6-4-5-7-23(20)36-15-19-14-35-19/h4-7,10-13,18-19H,8-9,14-15H2,1-3H3,(H,29,31)(H,30,33)/t19-/m0/s1. The van der Waals surface area contributed by atoms with Crippen LogP contribution in [0.4, 0.5) is 10.2 Å². The molecule has 1 aliphatic heterocycles. The number of benzene rings is 2. The number of nitrogens with one attached hydrogen (secondary N) is 2. The van der Waals surface area contributed by atoms with Gasteiger partial charge in [0.1, 0.15) is 24.3 Å². The van der Waals surface area contributed by atoms with E-state index in [0.29, 0.717) is 19.0 Å². The monoisotopic (exact) mass is 492 g/mol. The second-order valence-corrected chi connectivity index (χ2v) is 9.81. The number of hydrogen-bond donors (Lipinski definition) is 2. The molecule has 188 valence electrons. The fourth-order valence-electron chi connectivity index (χ4n) is 4.05. The van der Waals surface area contributed by atoms with Crippen LogP contribution < -0.4 is 20.9 Å². The molecule has 1 atom stereocenters. The Bertz CT molecular complexity index is 1360. The minimum atomic E-state index is -0.724. The number of para-hydroxylation sites is 1. The number of nitrogens with zero attached hydrogens (tertiary/aromatic N) is 2. The average molecular weight is 493 g/mol. The SMILES string of the molecule is Cc1c(F)cc(C(=O)NC2CC2)cc1-n1ccnc(NC(C)(C)c2ccccc2OC[C@@H]2CO2)c1=O. The molecule has 3 aromatic rings. The predicted molar refractivity (Wildman–Crippen MR) is 133 cm³/mol. The minimum absolute atomic E-state index is 0.0930. The minimum Gasteiger partial charge on any atom is -0.490 e. The Morgan fingerprint density at radius 2 is 2.03 bits per heavy atom. The molecular formula is C27H29FN4O4. The van der Waals surface area contributed by atoms with Gasteiger partial charge in [-0.25, -0.2) is 9.37 Å². The van der Waals surface area contributed by atoms with Gasteiger partial charge in [-0.05, 0) is 51.8 Å². The summed E-state index contributed by atoms with van der Waals surface area (Å²) in [6.07, 6.45) is 4.90. The van der Waals surface area contributed by atoms with Gasteiger partial charge in [0.25, 0.3) is 11.5 Å². The first-order valence-corrected chi connectivity index (χ1v) is 12.0. The summed E-state index contributed by atoms with van der Waals surface area (Å²) in [6.45, 7) is 6.58. The lowest BCUT2D eigenvalue weighted by atomic mass is 9.93. The lowest BCUT2D eigenvalue weighted by molar-refractivity contribution is 0.0950. The van der Waals surface area contributed by atoms with Crippen molar-refractivity contribution in [3.8, 4) is 11.4 Å². The molecule has 2 aromatic carbocycles. The van der Waals surface area contributed by atoms with Crippen molar-refractivity contribution >= 4 is 11.7 Å². The van der Waals surface area contributed by atoms with Crippen LogP contribution in [0.3, 0.4) is 0 Å². The average Bonchev–Trinajstić information content (AvgIpc) is 3.77. The lowest BCUT2D eigenvalue weighted by Crippen LogP contribution is -2.34. The number of ether oxygens (including phenoxy) is 2. The molecule has 8 nitrogen and oxygen atoms in total. The fourth-order valence-corrected chi connectivity index (χ4v) is 4.05. The molecule has 1 amide bonds. The molecule has 2 heterocycles. The quantitative estimate of drug-likeness (QED) is 0.442. The van der Waals surface area contributed by atoms with Gasteiger partial charge in [0.05, 0.1) is 17.8 Å². The summed E-state index contributed by atoms with van der Waals surface area (Å²) in [6, 6.07) is 10.5. The van der Waals surface area contributed by atoms with E-state index in [4.69, 9.17) is 9.47 Å². The Kier molecular flexibility index (Phi) is 6.26. The molecule has 1 aliphatic carbocycles. The van der Waals surface area contributed by atoms with Crippen molar-refractivity contribution in [1.29, 1.82) is 0 Å². The zero-order valence-corrected chi connectivity index (χ0v) is 20.5. The molecule has 0 bridgehead atoms. The van der Waals surface area contributed by atoms with Crippen LogP contribution in [-0.2, 0) is 10.3 Å². The van der Waals surface area contributed by atoms with Crippen LogP contribution in [0.1, 0.15) is 48.2 Å². The molecule has 1 saturated carbocycles. The van der Waals surface area contributed by atoms with Crippen LogP contribution in [0.15, 0.2) is 53.6 Å². The first-order chi connectivity index (χ1) is 17.2. The van der Waals surface area contributed by atoms with Crippen molar-refractivity contribution in [3.05, 3.63) is 81.7 Å². The smallest absolute Gasteiger partial charge is 0.297 e. The predicted octanol–water partition coefficient (Wildman–Crippen LogP) is 3.70. The van der Waals surface area contributed by atoms with Crippen LogP contribution in [0.5, 0.6) is 5.75 Å². The van der Waals surface area contributed by atoms with E-state index in [1.54, 1.807) is 6.92 Å². The molecule has 2 N–H and O–H groups in total. The number of aromatic nitrogens is 2. The van der Waals surface area contributed by atoms with E-state index in [0.717, 1.165) is 18.4 Å². The molecule has 9 heteroatoms. The van der Waals surface area contributed by atoms with E-state index >= 15 is 0 Å². The zero-order chi connectivity index (χ0) is 25.4. The first kappa shape index (κ1) is 24.0. The normalized spacial score (nSPS) is 16.9. The molecule has 2 aliphatic rings.